The molecule has 0 radical (unpaired) electrons. The maximum atomic E-state index is 12.0. The number of rotatable bonds is 0. The lowest BCUT2D eigenvalue weighted by molar-refractivity contribution is -0.137. The molecule has 0 nitrogen and oxygen atoms in total. The Morgan fingerprint density at radius 3 is 2.33 bits per heavy atom. The lowest BCUT2D eigenvalue weighted by Gasteiger charge is -2.04. The number of hydrogen-bond donors (Lipinski definition) is 0. The molecule has 0 bridgehead atoms. The summed E-state index contributed by atoms with van der Waals surface area (Å²) >= 11 is 5.34. The van der Waals surface area contributed by atoms with Crippen molar-refractivity contribution in [3.63, 3.8) is 0 Å². The zero-order chi connectivity index (χ0) is 9.35. The molecule has 1 aromatic carbocycles. The fraction of sp³-hybridized carbons (Fsp3) is 0.250. The van der Waals surface area contributed by atoms with Crippen LogP contribution >= 0.6 is 11.6 Å². The van der Waals surface area contributed by atoms with Gasteiger partial charge in [0.15, 0.2) is 0 Å². The van der Waals surface area contributed by atoms with Crippen molar-refractivity contribution < 1.29 is 13.2 Å². The molecule has 0 saturated carbocycles. The Morgan fingerprint density at radius 1 is 1.33 bits per heavy atom. The van der Waals surface area contributed by atoms with Crippen LogP contribution in [-0.4, -0.2) is 0 Å². The first-order chi connectivity index (χ1) is 5.41. The van der Waals surface area contributed by atoms with E-state index in [0.717, 1.165) is 0 Å². The van der Waals surface area contributed by atoms with Crippen molar-refractivity contribution in [2.45, 2.75) is 13.1 Å². The Bertz CT molecular complexity index is 291. The van der Waals surface area contributed by atoms with Gasteiger partial charge in [0, 0.05) is 5.56 Å². The summed E-state index contributed by atoms with van der Waals surface area (Å²) in [6.07, 6.45) is -4.44. The molecule has 0 N–H and O–H groups in total. The molecule has 0 aromatic heterocycles. The summed E-state index contributed by atoms with van der Waals surface area (Å²) < 4.78 is 36.1. The van der Waals surface area contributed by atoms with Crippen LogP contribution in [0, 0.1) is 19.1 Å². The fourth-order valence-corrected chi connectivity index (χ4v) is 1.04. The molecule has 0 aliphatic carbocycles. The zero-order valence-electron chi connectivity index (χ0n) is 6.09. The average Bonchev–Trinajstić information content (AvgIpc) is 1.83. The summed E-state index contributed by atoms with van der Waals surface area (Å²) in [6.45, 7) is 1.60. The van der Waals surface area contributed by atoms with Crippen LogP contribution in [0.2, 0.25) is 5.02 Å². The van der Waals surface area contributed by atoms with E-state index in [1.54, 1.807) is 6.92 Å². The molecule has 0 unspecified atom stereocenters. The molecule has 0 atom stereocenters. The highest BCUT2D eigenvalue weighted by molar-refractivity contribution is 6.31. The molecule has 0 aliphatic rings. The van der Waals surface area contributed by atoms with Gasteiger partial charge in [0.05, 0.1) is 5.02 Å². The van der Waals surface area contributed by atoms with Gasteiger partial charge < -0.3 is 0 Å². The van der Waals surface area contributed by atoms with E-state index in [9.17, 15) is 13.2 Å². The predicted octanol–water partition coefficient (Wildman–Crippen LogP) is 3.27. The number of halogens is 4. The minimum atomic E-state index is -4.44. The summed E-state index contributed by atoms with van der Waals surface area (Å²) in [5.41, 5.74) is -0.428. The van der Waals surface area contributed by atoms with Gasteiger partial charge in [0.2, 0.25) is 0 Å². The summed E-state index contributed by atoms with van der Waals surface area (Å²) in [7, 11) is 0. The van der Waals surface area contributed by atoms with Gasteiger partial charge in [0.1, 0.15) is 5.56 Å². The van der Waals surface area contributed by atoms with Gasteiger partial charge in [-0.05, 0) is 13.0 Å². The maximum absolute atomic E-state index is 12.0. The van der Waals surface area contributed by atoms with Crippen molar-refractivity contribution in [3.8, 4) is 0 Å². The third-order valence-corrected chi connectivity index (χ3v) is 1.55. The van der Waals surface area contributed by atoms with E-state index < -0.39 is 11.7 Å². The first-order valence-corrected chi connectivity index (χ1v) is 3.46. The van der Waals surface area contributed by atoms with Crippen LogP contribution in [0.3, 0.4) is 0 Å². The second-order valence-electron chi connectivity index (χ2n) is 2.30. The highest BCUT2D eigenvalue weighted by Gasteiger charge is 2.33. The highest BCUT2D eigenvalue weighted by atomic mass is 35.5. The van der Waals surface area contributed by atoms with Crippen LogP contribution in [0.1, 0.15) is 11.1 Å². The van der Waals surface area contributed by atoms with Crippen molar-refractivity contribution in [2.24, 2.45) is 0 Å². The van der Waals surface area contributed by atoms with Gasteiger partial charge in [-0.2, -0.15) is 13.2 Å². The first kappa shape index (κ1) is 9.21. The van der Waals surface area contributed by atoms with Crippen molar-refractivity contribution in [3.05, 3.63) is 34.3 Å². The van der Waals surface area contributed by atoms with Gasteiger partial charge >= 0.3 is 6.18 Å². The lowest BCUT2D eigenvalue weighted by atomic mass is 10.2. The van der Waals surface area contributed by atoms with Gasteiger partial charge in [-0.25, -0.2) is 0 Å². The normalized spacial score (nSPS) is 11.1. The Balaban J connectivity index is 3.19. The summed E-state index contributed by atoms with van der Waals surface area (Å²) in [4.78, 5) is 0. The average molecular weight is 193 g/mol. The molecule has 0 aliphatic heterocycles. The van der Waals surface area contributed by atoms with Gasteiger partial charge in [-0.3, -0.25) is 0 Å². The monoisotopic (exact) mass is 192 g/mol. The van der Waals surface area contributed by atoms with Crippen LogP contribution in [0.4, 0.5) is 13.2 Å². The fourth-order valence-electron chi connectivity index (χ4n) is 0.725. The van der Waals surface area contributed by atoms with E-state index in [4.69, 9.17) is 11.6 Å². The van der Waals surface area contributed by atoms with E-state index in [2.05, 4.69) is 6.07 Å². The van der Waals surface area contributed by atoms with E-state index >= 15 is 0 Å². The molecular formula is C8H4ClF3. The van der Waals surface area contributed by atoms with E-state index in [1.807, 2.05) is 6.07 Å². The van der Waals surface area contributed by atoms with Crippen LogP contribution in [0.25, 0.3) is 0 Å². The van der Waals surface area contributed by atoms with Crippen LogP contribution < -0.4 is 0 Å². The van der Waals surface area contributed by atoms with Crippen molar-refractivity contribution in [1.29, 1.82) is 0 Å². The van der Waals surface area contributed by atoms with Crippen molar-refractivity contribution in [2.75, 3.05) is 0 Å². The minimum Gasteiger partial charge on any atom is -0.165 e. The maximum Gasteiger partial charge on any atom is 0.425 e. The first-order valence-electron chi connectivity index (χ1n) is 3.08. The highest BCUT2D eigenvalue weighted by Crippen LogP contribution is 2.33. The Morgan fingerprint density at radius 2 is 1.92 bits per heavy atom. The third-order valence-electron chi connectivity index (χ3n) is 1.25. The standard InChI is InChI=1S/C8H4ClF3/c1-5-2-3-6(7(9)4-5)8(10,11)12/h4H,1H3. The second kappa shape index (κ2) is 2.87. The Hall–Kier alpha value is -0.880. The molecule has 0 amide bonds. The summed E-state index contributed by atoms with van der Waals surface area (Å²) in [5.74, 6) is 0. The van der Waals surface area contributed by atoms with Gasteiger partial charge in [-0.15, -0.1) is 0 Å². The molecule has 0 saturated heterocycles. The second-order valence-corrected chi connectivity index (χ2v) is 2.71. The van der Waals surface area contributed by atoms with Crippen LogP contribution in [0.5, 0.6) is 0 Å². The number of aryl methyl sites for hydroxylation is 1. The summed E-state index contributed by atoms with van der Waals surface area (Å²) in [5, 5.41) is -0.334. The molecule has 1 aromatic rings. The SMILES string of the molecule is Cc1c#cc(C(F)(F)F)c(Cl)c1. The molecular weight excluding hydrogens is 189 g/mol. The Labute approximate surface area is 73.0 Å². The summed E-state index contributed by atoms with van der Waals surface area (Å²) in [6, 6.07) is 5.49. The van der Waals surface area contributed by atoms with Gasteiger partial charge in [-0.1, -0.05) is 23.7 Å². The van der Waals surface area contributed by atoms with Gasteiger partial charge in [0.25, 0.3) is 0 Å². The van der Waals surface area contributed by atoms with Crippen LogP contribution in [-0.2, 0) is 6.18 Å². The molecule has 12 heavy (non-hydrogen) atoms. The van der Waals surface area contributed by atoms with Crippen molar-refractivity contribution in [1.82, 2.24) is 0 Å². The Kier molecular flexibility index (Phi) is 2.20. The topological polar surface area (TPSA) is 0 Å². The van der Waals surface area contributed by atoms with E-state index in [-0.39, 0.29) is 5.02 Å². The van der Waals surface area contributed by atoms with Crippen LogP contribution in [0.15, 0.2) is 6.07 Å². The van der Waals surface area contributed by atoms with E-state index in [0.29, 0.717) is 5.56 Å². The van der Waals surface area contributed by atoms with Crippen molar-refractivity contribution >= 4 is 11.6 Å². The molecule has 1 rings (SSSR count). The van der Waals surface area contributed by atoms with E-state index in [1.165, 1.54) is 6.07 Å². The molecule has 4 heteroatoms. The largest absolute Gasteiger partial charge is 0.425 e. The quantitative estimate of drug-likeness (QED) is 0.592. The molecule has 0 fully saturated rings. The predicted molar refractivity (Wildman–Crippen MR) is 38.9 cm³/mol. The molecule has 0 heterocycles. The lowest BCUT2D eigenvalue weighted by Crippen LogP contribution is -2.04. The third kappa shape index (κ3) is 1.83. The zero-order valence-corrected chi connectivity index (χ0v) is 6.85. The molecule has 64 valence electrons. The smallest absolute Gasteiger partial charge is 0.165 e. The minimum absolute atomic E-state index is 0.334. The number of alkyl halides is 3. The molecule has 0 spiro atoms. The number of hydrogen-bond acceptors (Lipinski definition) is 0.